The Morgan fingerprint density at radius 3 is 2.23 bits per heavy atom. The molecular formula is C24H30N2O4. The van der Waals surface area contributed by atoms with Crippen LogP contribution in [0.25, 0.3) is 0 Å². The Hall–Kier alpha value is -3.02. The van der Waals surface area contributed by atoms with Crippen LogP contribution in [-0.4, -0.2) is 53.6 Å². The van der Waals surface area contributed by atoms with Crippen LogP contribution < -0.4 is 4.74 Å². The molecule has 1 aliphatic rings. The van der Waals surface area contributed by atoms with Crippen LogP contribution in [0.15, 0.2) is 54.6 Å². The molecule has 1 heterocycles. The van der Waals surface area contributed by atoms with Crippen molar-refractivity contribution >= 4 is 12.0 Å². The van der Waals surface area contributed by atoms with Gasteiger partial charge in [0.1, 0.15) is 17.1 Å². The van der Waals surface area contributed by atoms with Gasteiger partial charge in [0.25, 0.3) is 5.91 Å². The van der Waals surface area contributed by atoms with Gasteiger partial charge >= 0.3 is 6.09 Å². The fourth-order valence-corrected chi connectivity index (χ4v) is 3.45. The van der Waals surface area contributed by atoms with Crippen molar-refractivity contribution < 1.29 is 19.1 Å². The smallest absolute Gasteiger partial charge is 0.410 e. The summed E-state index contributed by atoms with van der Waals surface area (Å²) >= 11 is 0. The predicted octanol–water partition coefficient (Wildman–Crippen LogP) is 4.95. The average molecular weight is 411 g/mol. The second-order valence-electron chi connectivity index (χ2n) is 8.56. The molecule has 2 aromatic rings. The number of carbonyl (C=O) groups is 2. The van der Waals surface area contributed by atoms with Crippen molar-refractivity contribution in [2.45, 2.75) is 45.3 Å². The monoisotopic (exact) mass is 410 g/mol. The summed E-state index contributed by atoms with van der Waals surface area (Å²) in [5.74, 6) is 1.30. The molecular weight excluding hydrogens is 380 g/mol. The lowest BCUT2D eigenvalue weighted by molar-refractivity contribution is 0.0160. The molecule has 6 nitrogen and oxygen atoms in total. The fourth-order valence-electron chi connectivity index (χ4n) is 3.45. The van der Waals surface area contributed by atoms with Crippen LogP contribution >= 0.6 is 0 Å². The third-order valence-corrected chi connectivity index (χ3v) is 5.04. The number of carbonyl (C=O) groups excluding carboxylic acids is 2. The van der Waals surface area contributed by atoms with E-state index in [1.807, 2.05) is 70.3 Å². The number of likely N-dealkylation sites (tertiary alicyclic amines) is 1. The predicted molar refractivity (Wildman–Crippen MR) is 116 cm³/mol. The van der Waals surface area contributed by atoms with Crippen molar-refractivity contribution in [3.63, 3.8) is 0 Å². The molecule has 1 fully saturated rings. The van der Waals surface area contributed by atoms with E-state index in [9.17, 15) is 9.59 Å². The molecule has 6 heteroatoms. The van der Waals surface area contributed by atoms with E-state index in [1.165, 1.54) is 0 Å². The van der Waals surface area contributed by atoms with Crippen LogP contribution in [0.5, 0.6) is 11.5 Å². The maximum Gasteiger partial charge on any atom is 0.410 e. The zero-order valence-electron chi connectivity index (χ0n) is 18.1. The Morgan fingerprint density at radius 1 is 0.967 bits per heavy atom. The molecule has 160 valence electrons. The lowest BCUT2D eigenvalue weighted by atomic mass is 10.0. The van der Waals surface area contributed by atoms with Gasteiger partial charge in [-0.05, 0) is 63.9 Å². The normalized spacial score (nSPS) is 14.9. The number of benzene rings is 2. The van der Waals surface area contributed by atoms with Gasteiger partial charge in [-0.25, -0.2) is 4.79 Å². The summed E-state index contributed by atoms with van der Waals surface area (Å²) in [6.07, 6.45) is 1.16. The molecule has 1 saturated heterocycles. The summed E-state index contributed by atoms with van der Waals surface area (Å²) in [6, 6.07) is 16.8. The first-order valence-corrected chi connectivity index (χ1v) is 10.3. The molecule has 3 rings (SSSR count). The van der Waals surface area contributed by atoms with E-state index >= 15 is 0 Å². The number of nitrogens with zero attached hydrogens (tertiary/aromatic N) is 2. The minimum Gasteiger partial charge on any atom is -0.457 e. The van der Waals surface area contributed by atoms with Crippen LogP contribution in [0, 0.1) is 0 Å². The van der Waals surface area contributed by atoms with Crippen LogP contribution in [0.2, 0.25) is 0 Å². The molecule has 0 radical (unpaired) electrons. The molecule has 2 amide bonds. The Bertz CT molecular complexity index is 868. The third-order valence-electron chi connectivity index (χ3n) is 5.04. The van der Waals surface area contributed by atoms with E-state index in [0.717, 1.165) is 18.6 Å². The Morgan fingerprint density at radius 2 is 1.60 bits per heavy atom. The highest BCUT2D eigenvalue weighted by molar-refractivity contribution is 5.94. The van der Waals surface area contributed by atoms with Crippen molar-refractivity contribution in [2.24, 2.45) is 0 Å². The number of rotatable bonds is 4. The maximum atomic E-state index is 13.0. The first kappa shape index (κ1) is 21.7. The molecule has 0 spiro atoms. The second kappa shape index (κ2) is 9.20. The van der Waals surface area contributed by atoms with Gasteiger partial charge in [0.05, 0.1) is 0 Å². The van der Waals surface area contributed by atoms with E-state index in [-0.39, 0.29) is 18.0 Å². The molecule has 0 saturated carbocycles. The third kappa shape index (κ3) is 5.75. The van der Waals surface area contributed by atoms with Gasteiger partial charge in [0.15, 0.2) is 0 Å². The maximum absolute atomic E-state index is 13.0. The Balaban J connectivity index is 1.59. The molecule has 2 aromatic carbocycles. The Kier molecular flexibility index (Phi) is 6.65. The number of ether oxygens (including phenoxy) is 2. The van der Waals surface area contributed by atoms with Gasteiger partial charge in [-0.2, -0.15) is 0 Å². The zero-order valence-corrected chi connectivity index (χ0v) is 18.1. The van der Waals surface area contributed by atoms with E-state index in [0.29, 0.717) is 24.4 Å². The van der Waals surface area contributed by atoms with Crippen LogP contribution in [0.3, 0.4) is 0 Å². The van der Waals surface area contributed by atoms with Gasteiger partial charge in [0.2, 0.25) is 0 Å². The summed E-state index contributed by atoms with van der Waals surface area (Å²) in [5.41, 5.74) is 0.0774. The molecule has 0 aromatic heterocycles. The average Bonchev–Trinajstić information content (AvgIpc) is 2.72. The second-order valence-corrected chi connectivity index (χ2v) is 8.56. The number of para-hydroxylation sites is 1. The topological polar surface area (TPSA) is 59.1 Å². The lowest BCUT2D eigenvalue weighted by Gasteiger charge is -2.37. The number of hydrogen-bond donors (Lipinski definition) is 0. The highest BCUT2D eigenvalue weighted by atomic mass is 16.6. The zero-order chi connectivity index (χ0) is 21.7. The highest BCUT2D eigenvalue weighted by Gasteiger charge is 2.30. The molecule has 0 unspecified atom stereocenters. The Labute approximate surface area is 178 Å². The SMILES string of the molecule is CN(C(=O)c1cccc(Oc2ccccc2)c1)C1CCN(C(=O)OC(C)(C)C)CC1. The summed E-state index contributed by atoms with van der Waals surface area (Å²) in [5, 5.41) is 0. The van der Waals surface area contributed by atoms with Crippen LogP contribution in [-0.2, 0) is 4.74 Å². The van der Waals surface area contributed by atoms with Gasteiger partial charge < -0.3 is 19.3 Å². The van der Waals surface area contributed by atoms with E-state index < -0.39 is 5.60 Å². The van der Waals surface area contributed by atoms with Crippen molar-refractivity contribution in [1.82, 2.24) is 9.80 Å². The van der Waals surface area contributed by atoms with Crippen LogP contribution in [0.4, 0.5) is 4.79 Å². The van der Waals surface area contributed by atoms with Crippen LogP contribution in [0.1, 0.15) is 44.0 Å². The van der Waals surface area contributed by atoms with Gasteiger partial charge in [0, 0.05) is 31.7 Å². The number of amides is 2. The minimum absolute atomic E-state index is 0.0516. The largest absolute Gasteiger partial charge is 0.457 e. The van der Waals surface area contributed by atoms with Crippen molar-refractivity contribution in [3.05, 3.63) is 60.2 Å². The summed E-state index contributed by atoms with van der Waals surface area (Å²) in [7, 11) is 1.82. The van der Waals surface area contributed by atoms with E-state index in [4.69, 9.17) is 9.47 Å². The first-order valence-electron chi connectivity index (χ1n) is 10.3. The summed E-state index contributed by atoms with van der Waals surface area (Å²) in [6.45, 7) is 6.74. The number of hydrogen-bond acceptors (Lipinski definition) is 4. The quantitative estimate of drug-likeness (QED) is 0.716. The van der Waals surface area contributed by atoms with Crippen molar-refractivity contribution in [3.8, 4) is 11.5 Å². The highest BCUT2D eigenvalue weighted by Crippen LogP contribution is 2.24. The molecule has 0 aliphatic carbocycles. The van der Waals surface area contributed by atoms with E-state index in [2.05, 4.69) is 0 Å². The first-order chi connectivity index (χ1) is 14.2. The molecule has 1 aliphatic heterocycles. The number of piperidine rings is 1. The summed E-state index contributed by atoms with van der Waals surface area (Å²) < 4.78 is 11.3. The molecule has 30 heavy (non-hydrogen) atoms. The lowest BCUT2D eigenvalue weighted by Crippen LogP contribution is -2.48. The van der Waals surface area contributed by atoms with E-state index in [1.54, 1.807) is 21.9 Å². The summed E-state index contributed by atoms with van der Waals surface area (Å²) in [4.78, 5) is 28.7. The van der Waals surface area contributed by atoms with Gasteiger partial charge in [-0.15, -0.1) is 0 Å². The molecule has 0 bridgehead atoms. The molecule has 0 N–H and O–H groups in total. The van der Waals surface area contributed by atoms with Gasteiger partial charge in [-0.1, -0.05) is 24.3 Å². The fraction of sp³-hybridized carbons (Fsp3) is 0.417. The minimum atomic E-state index is -0.506. The molecule has 0 atom stereocenters. The van der Waals surface area contributed by atoms with Crippen molar-refractivity contribution in [2.75, 3.05) is 20.1 Å². The van der Waals surface area contributed by atoms with Crippen molar-refractivity contribution in [1.29, 1.82) is 0 Å². The van der Waals surface area contributed by atoms with Gasteiger partial charge in [-0.3, -0.25) is 4.79 Å². The standard InChI is InChI=1S/C24H30N2O4/c1-24(2,3)30-23(28)26-15-13-19(14-16-26)25(4)22(27)18-9-8-12-21(17-18)29-20-10-6-5-7-11-20/h5-12,17,19H,13-16H2,1-4H3.